The van der Waals surface area contributed by atoms with E-state index in [-0.39, 0.29) is 6.61 Å². The molecule has 0 saturated heterocycles. The highest BCUT2D eigenvalue weighted by Crippen LogP contribution is 2.29. The van der Waals surface area contributed by atoms with E-state index in [9.17, 15) is 0 Å². The molecule has 0 radical (unpaired) electrons. The Morgan fingerprint density at radius 3 is 2.74 bits per heavy atom. The second kappa shape index (κ2) is 7.29. The van der Waals surface area contributed by atoms with Crippen LogP contribution < -0.4 is 4.74 Å². The van der Waals surface area contributed by atoms with E-state index in [1.807, 2.05) is 0 Å². The van der Waals surface area contributed by atoms with E-state index in [2.05, 4.69) is 33.4 Å². The highest BCUT2D eigenvalue weighted by atomic mass is 35.5. The number of aromatic nitrogens is 4. The molecule has 0 aliphatic rings. The summed E-state index contributed by atoms with van der Waals surface area (Å²) >= 11 is 8.45. The van der Waals surface area contributed by atoms with Crippen LogP contribution in [-0.2, 0) is 6.61 Å². The molecule has 0 fully saturated rings. The Morgan fingerprint density at radius 1 is 1.26 bits per heavy atom. The highest BCUT2D eigenvalue weighted by Gasteiger charge is 2.13. The molecule has 0 spiro atoms. The molecule has 0 amide bonds. The number of hydrogen-bond acceptors (Lipinski definition) is 8. The summed E-state index contributed by atoms with van der Waals surface area (Å²) < 4.78 is 16.2. The molecule has 0 N–H and O–H groups in total. The lowest BCUT2D eigenvalue weighted by molar-refractivity contribution is 0.252. The fourth-order valence-electron chi connectivity index (χ4n) is 1.58. The number of benzene rings is 1. The van der Waals surface area contributed by atoms with Crippen molar-refractivity contribution in [2.24, 2.45) is 0 Å². The van der Waals surface area contributed by atoms with Crippen molar-refractivity contribution < 1.29 is 9.15 Å². The van der Waals surface area contributed by atoms with Gasteiger partial charge in [0.1, 0.15) is 11.6 Å². The Hall–Kier alpha value is -1.64. The molecule has 2 heterocycles. The Balaban J connectivity index is 1.58. The van der Waals surface area contributed by atoms with Crippen molar-refractivity contribution >= 4 is 34.9 Å². The van der Waals surface area contributed by atoms with E-state index >= 15 is 0 Å². The largest absolute Gasteiger partial charge is 0.484 e. The van der Waals surface area contributed by atoms with Crippen molar-refractivity contribution in [1.29, 1.82) is 0 Å². The van der Waals surface area contributed by atoms with Crippen molar-refractivity contribution in [3.8, 4) is 5.75 Å². The fourth-order valence-corrected chi connectivity index (χ4v) is 3.25. The lowest BCUT2D eigenvalue weighted by atomic mass is 10.2. The van der Waals surface area contributed by atoms with Gasteiger partial charge in [0, 0.05) is 22.7 Å². The monoisotopic (exact) mass is 368 g/mol. The van der Waals surface area contributed by atoms with Gasteiger partial charge in [0.05, 0.1) is 0 Å². The molecule has 0 unspecified atom stereocenters. The molecular weight excluding hydrogens is 356 g/mol. The Bertz CT molecular complexity index is 773. The summed E-state index contributed by atoms with van der Waals surface area (Å²) in [7, 11) is 0. The zero-order valence-corrected chi connectivity index (χ0v) is 14.8. The summed E-state index contributed by atoms with van der Waals surface area (Å²) in [6.45, 7) is 4.30. The molecule has 120 valence electrons. The van der Waals surface area contributed by atoms with Crippen LogP contribution in [0.1, 0.15) is 31.5 Å². The van der Waals surface area contributed by atoms with Gasteiger partial charge in [-0.1, -0.05) is 25.4 Å². The van der Waals surface area contributed by atoms with Crippen LogP contribution in [0.3, 0.4) is 0 Å². The van der Waals surface area contributed by atoms with Gasteiger partial charge in [-0.15, -0.1) is 10.2 Å². The van der Waals surface area contributed by atoms with Crippen LogP contribution in [0.5, 0.6) is 5.75 Å². The van der Waals surface area contributed by atoms with Crippen molar-refractivity contribution in [2.75, 3.05) is 0 Å². The fraction of sp³-hybridized carbons (Fsp3) is 0.286. The smallest absolute Gasteiger partial charge is 0.283 e. The highest BCUT2D eigenvalue weighted by molar-refractivity contribution is 8.00. The molecule has 9 heteroatoms. The van der Waals surface area contributed by atoms with Crippen LogP contribution in [0.4, 0.5) is 0 Å². The van der Waals surface area contributed by atoms with Crippen LogP contribution in [-0.4, -0.2) is 19.6 Å². The SMILES string of the molecule is CC(C)c1nsc(Sc2nnc(COc3ccc(Cl)cc3)o2)n1. The average Bonchev–Trinajstić information content (AvgIpc) is 3.17. The molecule has 1 aromatic carbocycles. The van der Waals surface area contributed by atoms with Gasteiger partial charge in [0.15, 0.2) is 10.9 Å². The number of rotatable bonds is 6. The van der Waals surface area contributed by atoms with Gasteiger partial charge in [-0.05, 0) is 35.8 Å². The van der Waals surface area contributed by atoms with E-state index < -0.39 is 0 Å². The van der Waals surface area contributed by atoms with Crippen LogP contribution in [0.25, 0.3) is 0 Å². The minimum Gasteiger partial charge on any atom is -0.484 e. The molecule has 0 aliphatic carbocycles. The molecule has 23 heavy (non-hydrogen) atoms. The van der Waals surface area contributed by atoms with Gasteiger partial charge in [-0.3, -0.25) is 0 Å². The third-order valence-electron chi connectivity index (χ3n) is 2.74. The number of halogens is 1. The zero-order valence-electron chi connectivity index (χ0n) is 12.4. The summed E-state index contributed by atoms with van der Waals surface area (Å²) in [5.74, 6) is 2.21. The normalized spacial score (nSPS) is 11.1. The van der Waals surface area contributed by atoms with Crippen molar-refractivity contribution in [3.63, 3.8) is 0 Å². The first-order chi connectivity index (χ1) is 11.1. The molecule has 0 saturated carbocycles. The second-order valence-electron chi connectivity index (χ2n) is 4.88. The second-order valence-corrected chi connectivity index (χ2v) is 7.27. The first-order valence-corrected chi connectivity index (χ1v) is 8.79. The molecule has 3 aromatic rings. The number of ether oxygens (including phenoxy) is 1. The lowest BCUT2D eigenvalue weighted by Gasteiger charge is -2.02. The van der Waals surface area contributed by atoms with Gasteiger partial charge in [-0.2, -0.15) is 4.37 Å². The first-order valence-electron chi connectivity index (χ1n) is 6.82. The van der Waals surface area contributed by atoms with Gasteiger partial charge in [0.25, 0.3) is 11.1 Å². The molecule has 0 atom stereocenters. The topological polar surface area (TPSA) is 73.9 Å². The van der Waals surface area contributed by atoms with E-state index in [1.54, 1.807) is 24.3 Å². The van der Waals surface area contributed by atoms with Crippen molar-refractivity contribution in [3.05, 3.63) is 41.0 Å². The zero-order chi connectivity index (χ0) is 16.2. The molecule has 6 nitrogen and oxygen atoms in total. The molecular formula is C14H13ClN4O2S2. The summed E-state index contributed by atoms with van der Waals surface area (Å²) in [5.41, 5.74) is 0. The number of nitrogens with zero attached hydrogens (tertiary/aromatic N) is 4. The lowest BCUT2D eigenvalue weighted by Crippen LogP contribution is -1.95. The van der Waals surface area contributed by atoms with E-state index in [0.29, 0.717) is 27.8 Å². The summed E-state index contributed by atoms with van der Waals surface area (Å²) in [6.07, 6.45) is 0. The Kier molecular flexibility index (Phi) is 5.14. The summed E-state index contributed by atoms with van der Waals surface area (Å²) in [6, 6.07) is 7.08. The minimum atomic E-state index is 0.197. The molecule has 3 rings (SSSR count). The van der Waals surface area contributed by atoms with Crippen LogP contribution >= 0.6 is 34.9 Å². The minimum absolute atomic E-state index is 0.197. The van der Waals surface area contributed by atoms with E-state index in [0.717, 1.165) is 10.2 Å². The number of hydrogen-bond donors (Lipinski definition) is 0. The van der Waals surface area contributed by atoms with Crippen LogP contribution in [0.2, 0.25) is 5.02 Å². The van der Waals surface area contributed by atoms with Crippen molar-refractivity contribution in [2.45, 2.75) is 35.9 Å². The third kappa shape index (κ3) is 4.43. The maximum absolute atomic E-state index is 5.82. The third-order valence-corrected chi connectivity index (χ3v) is 4.60. The predicted molar refractivity (Wildman–Crippen MR) is 88.2 cm³/mol. The van der Waals surface area contributed by atoms with Gasteiger partial charge in [0.2, 0.25) is 0 Å². The predicted octanol–water partition coefficient (Wildman–Crippen LogP) is 4.43. The Morgan fingerprint density at radius 2 is 2.04 bits per heavy atom. The summed E-state index contributed by atoms with van der Waals surface area (Å²) in [4.78, 5) is 4.41. The summed E-state index contributed by atoms with van der Waals surface area (Å²) in [5, 5.41) is 9.01. The van der Waals surface area contributed by atoms with Crippen LogP contribution in [0, 0.1) is 0 Å². The average molecular weight is 369 g/mol. The van der Waals surface area contributed by atoms with Crippen molar-refractivity contribution in [1.82, 2.24) is 19.6 Å². The maximum atomic E-state index is 5.82. The van der Waals surface area contributed by atoms with Gasteiger partial charge in [-0.25, -0.2) is 4.98 Å². The van der Waals surface area contributed by atoms with E-state index in [4.69, 9.17) is 20.8 Å². The maximum Gasteiger partial charge on any atom is 0.283 e. The van der Waals surface area contributed by atoms with E-state index in [1.165, 1.54) is 23.3 Å². The Labute approximate surface area is 146 Å². The molecule has 0 bridgehead atoms. The molecule has 0 aliphatic heterocycles. The van der Waals surface area contributed by atoms with Crippen LogP contribution in [0.15, 0.2) is 38.2 Å². The van der Waals surface area contributed by atoms with Gasteiger partial charge < -0.3 is 9.15 Å². The van der Waals surface area contributed by atoms with Gasteiger partial charge >= 0.3 is 0 Å². The molecule has 2 aromatic heterocycles. The standard InChI is InChI=1S/C14H13ClN4O2S2/c1-8(2)12-16-14(23-19-12)22-13-18-17-11(21-13)7-20-10-5-3-9(15)4-6-10/h3-6,8H,7H2,1-2H3. The quantitative estimate of drug-likeness (QED) is 0.637. The first kappa shape index (κ1) is 16.2.